The summed E-state index contributed by atoms with van der Waals surface area (Å²) < 4.78 is 0.882. The molecule has 1 aromatic heterocycles. The van der Waals surface area contributed by atoms with Crippen molar-refractivity contribution in [2.24, 2.45) is 0 Å². The summed E-state index contributed by atoms with van der Waals surface area (Å²) in [5.74, 6) is -1.39. The van der Waals surface area contributed by atoms with Crippen LogP contribution in [0.1, 0.15) is 28.5 Å². The molecule has 6 nitrogen and oxygen atoms in total. The van der Waals surface area contributed by atoms with E-state index in [0.717, 1.165) is 15.7 Å². The van der Waals surface area contributed by atoms with Crippen LogP contribution in [-0.4, -0.2) is 36.1 Å². The van der Waals surface area contributed by atoms with E-state index in [4.69, 9.17) is 5.11 Å². The fourth-order valence-electron chi connectivity index (χ4n) is 2.14. The first-order valence-electron chi connectivity index (χ1n) is 7.28. The van der Waals surface area contributed by atoms with Crippen molar-refractivity contribution < 1.29 is 14.7 Å². The third-order valence-electron chi connectivity index (χ3n) is 3.45. The summed E-state index contributed by atoms with van der Waals surface area (Å²) in [5.41, 5.74) is 1.84. The molecule has 2 rings (SSSR count). The molecule has 0 unspecified atom stereocenters. The maximum absolute atomic E-state index is 12.4. The third kappa shape index (κ3) is 4.79. The van der Waals surface area contributed by atoms with Gasteiger partial charge in [0, 0.05) is 18.6 Å². The standard InChI is InChI=1S/C17H18BrN3O3/c1-21(2)13-7-8-14(19-10-13)17(24)20-15(9-16(22)23)11-3-5-12(18)6-4-11/h3-8,10,15H,9H2,1-2H3,(H,20,24)(H,22,23)/t15-/m0/s1. The van der Waals surface area contributed by atoms with Crippen molar-refractivity contribution in [3.63, 3.8) is 0 Å². The smallest absolute Gasteiger partial charge is 0.305 e. The molecule has 2 aromatic rings. The van der Waals surface area contributed by atoms with E-state index >= 15 is 0 Å². The maximum atomic E-state index is 12.4. The van der Waals surface area contributed by atoms with Gasteiger partial charge in [-0.3, -0.25) is 9.59 Å². The Hall–Kier alpha value is -2.41. The molecule has 0 radical (unpaired) electrons. The van der Waals surface area contributed by atoms with Gasteiger partial charge < -0.3 is 15.3 Å². The second-order valence-corrected chi connectivity index (χ2v) is 6.39. The average Bonchev–Trinajstić information content (AvgIpc) is 2.54. The van der Waals surface area contributed by atoms with Gasteiger partial charge in [0.15, 0.2) is 0 Å². The van der Waals surface area contributed by atoms with Gasteiger partial charge in [0.25, 0.3) is 5.91 Å². The maximum Gasteiger partial charge on any atom is 0.305 e. The number of nitrogens with zero attached hydrogens (tertiary/aromatic N) is 2. The number of hydrogen-bond acceptors (Lipinski definition) is 4. The first-order chi connectivity index (χ1) is 11.4. The number of carbonyl (C=O) groups is 2. The van der Waals surface area contributed by atoms with Crippen LogP contribution in [0.5, 0.6) is 0 Å². The van der Waals surface area contributed by atoms with Crippen LogP contribution in [0.3, 0.4) is 0 Å². The van der Waals surface area contributed by atoms with E-state index in [1.54, 1.807) is 42.6 Å². The van der Waals surface area contributed by atoms with Crippen molar-refractivity contribution in [1.29, 1.82) is 0 Å². The Balaban J connectivity index is 2.17. The number of anilines is 1. The second kappa shape index (κ2) is 7.92. The van der Waals surface area contributed by atoms with E-state index in [9.17, 15) is 9.59 Å². The SMILES string of the molecule is CN(C)c1ccc(C(=O)N[C@@H](CC(=O)O)c2ccc(Br)cc2)nc1. The first kappa shape index (κ1) is 17.9. The molecule has 1 amide bonds. The Labute approximate surface area is 148 Å². The van der Waals surface area contributed by atoms with Gasteiger partial charge in [-0.25, -0.2) is 4.98 Å². The minimum atomic E-state index is -0.987. The summed E-state index contributed by atoms with van der Waals surface area (Å²) >= 11 is 3.33. The van der Waals surface area contributed by atoms with Crippen LogP contribution in [0.15, 0.2) is 47.1 Å². The number of hydrogen-bond donors (Lipinski definition) is 2. The van der Waals surface area contributed by atoms with Crippen molar-refractivity contribution in [3.05, 3.63) is 58.3 Å². The highest BCUT2D eigenvalue weighted by Gasteiger charge is 2.19. The molecule has 2 N–H and O–H groups in total. The lowest BCUT2D eigenvalue weighted by Crippen LogP contribution is -2.30. The zero-order valence-corrected chi connectivity index (χ0v) is 14.9. The predicted molar refractivity (Wildman–Crippen MR) is 95.2 cm³/mol. The normalized spacial score (nSPS) is 11.6. The average molecular weight is 392 g/mol. The van der Waals surface area contributed by atoms with E-state index in [0.29, 0.717) is 0 Å². The van der Waals surface area contributed by atoms with Gasteiger partial charge in [0.2, 0.25) is 0 Å². The fraction of sp³-hybridized carbons (Fsp3) is 0.235. The number of benzene rings is 1. The van der Waals surface area contributed by atoms with Gasteiger partial charge in [-0.15, -0.1) is 0 Å². The van der Waals surface area contributed by atoms with Gasteiger partial charge in [0.1, 0.15) is 5.69 Å². The quantitative estimate of drug-likeness (QED) is 0.790. The molecule has 0 saturated heterocycles. The third-order valence-corrected chi connectivity index (χ3v) is 3.98. The number of carbonyl (C=O) groups excluding carboxylic acids is 1. The summed E-state index contributed by atoms with van der Waals surface area (Å²) in [7, 11) is 3.76. The van der Waals surface area contributed by atoms with Crippen molar-refractivity contribution in [1.82, 2.24) is 10.3 Å². The highest BCUT2D eigenvalue weighted by Crippen LogP contribution is 2.20. The zero-order valence-electron chi connectivity index (χ0n) is 13.4. The van der Waals surface area contributed by atoms with Crippen molar-refractivity contribution in [2.45, 2.75) is 12.5 Å². The summed E-state index contributed by atoms with van der Waals surface area (Å²) in [6.45, 7) is 0. The lowest BCUT2D eigenvalue weighted by Gasteiger charge is -2.18. The Morgan fingerprint density at radius 3 is 2.38 bits per heavy atom. The predicted octanol–water partition coefficient (Wildman–Crippen LogP) is 2.86. The minimum Gasteiger partial charge on any atom is -0.481 e. The van der Waals surface area contributed by atoms with Crippen LogP contribution in [0, 0.1) is 0 Å². The molecule has 0 bridgehead atoms. The van der Waals surface area contributed by atoms with Gasteiger partial charge in [-0.05, 0) is 29.8 Å². The molecule has 0 aliphatic rings. The van der Waals surface area contributed by atoms with Crippen molar-refractivity contribution in [3.8, 4) is 0 Å². The molecule has 1 heterocycles. The van der Waals surface area contributed by atoms with E-state index in [1.807, 2.05) is 19.0 Å². The second-order valence-electron chi connectivity index (χ2n) is 5.47. The van der Waals surface area contributed by atoms with Crippen LogP contribution >= 0.6 is 15.9 Å². The first-order valence-corrected chi connectivity index (χ1v) is 8.07. The lowest BCUT2D eigenvalue weighted by atomic mass is 10.0. The monoisotopic (exact) mass is 391 g/mol. The van der Waals surface area contributed by atoms with Crippen LogP contribution in [0.4, 0.5) is 5.69 Å². The number of halogens is 1. The minimum absolute atomic E-state index is 0.205. The number of aromatic nitrogens is 1. The van der Waals surface area contributed by atoms with Crippen molar-refractivity contribution >= 4 is 33.5 Å². The number of rotatable bonds is 6. The molecule has 0 fully saturated rings. The number of aliphatic carboxylic acids is 1. The molecule has 24 heavy (non-hydrogen) atoms. The number of carboxylic acids is 1. The highest BCUT2D eigenvalue weighted by atomic mass is 79.9. The Kier molecular flexibility index (Phi) is 5.92. The summed E-state index contributed by atoms with van der Waals surface area (Å²) in [5, 5.41) is 11.8. The summed E-state index contributed by atoms with van der Waals surface area (Å²) in [6.07, 6.45) is 1.39. The lowest BCUT2D eigenvalue weighted by molar-refractivity contribution is -0.137. The van der Waals surface area contributed by atoms with E-state index in [1.165, 1.54) is 0 Å². The molecule has 1 atom stereocenters. The summed E-state index contributed by atoms with van der Waals surface area (Å²) in [4.78, 5) is 29.5. The van der Waals surface area contributed by atoms with Gasteiger partial charge >= 0.3 is 5.97 Å². The number of nitrogens with one attached hydrogen (secondary N) is 1. The molecule has 7 heteroatoms. The molecule has 0 aliphatic heterocycles. The summed E-state index contributed by atoms with van der Waals surface area (Å²) in [6, 6.07) is 9.94. The molecule has 0 aliphatic carbocycles. The molecule has 0 saturated carbocycles. The van der Waals surface area contributed by atoms with E-state index < -0.39 is 17.9 Å². The molecule has 1 aromatic carbocycles. The van der Waals surface area contributed by atoms with Gasteiger partial charge in [0.05, 0.1) is 24.3 Å². The van der Waals surface area contributed by atoms with Crippen LogP contribution in [0.2, 0.25) is 0 Å². The fourth-order valence-corrected chi connectivity index (χ4v) is 2.40. The van der Waals surface area contributed by atoms with Crippen LogP contribution < -0.4 is 10.2 Å². The zero-order chi connectivity index (χ0) is 17.7. The number of amides is 1. The van der Waals surface area contributed by atoms with Crippen molar-refractivity contribution in [2.75, 3.05) is 19.0 Å². The van der Waals surface area contributed by atoms with Gasteiger partial charge in [-0.1, -0.05) is 28.1 Å². The van der Waals surface area contributed by atoms with Crippen LogP contribution in [-0.2, 0) is 4.79 Å². The Bertz CT molecular complexity index is 715. The Morgan fingerprint density at radius 2 is 1.88 bits per heavy atom. The number of pyridine rings is 1. The topological polar surface area (TPSA) is 82.5 Å². The largest absolute Gasteiger partial charge is 0.481 e. The van der Waals surface area contributed by atoms with E-state index in [2.05, 4.69) is 26.2 Å². The Morgan fingerprint density at radius 1 is 1.21 bits per heavy atom. The molecule has 126 valence electrons. The molecule has 0 spiro atoms. The van der Waals surface area contributed by atoms with E-state index in [-0.39, 0.29) is 12.1 Å². The number of carboxylic acid groups (broad SMARTS) is 1. The highest BCUT2D eigenvalue weighted by molar-refractivity contribution is 9.10. The molecular formula is C17H18BrN3O3. The molecular weight excluding hydrogens is 374 g/mol. The van der Waals surface area contributed by atoms with Crippen LogP contribution in [0.25, 0.3) is 0 Å². The van der Waals surface area contributed by atoms with Gasteiger partial charge in [-0.2, -0.15) is 0 Å².